The lowest BCUT2D eigenvalue weighted by Crippen LogP contribution is -2.33. The molecule has 0 atom stereocenters. The number of nitrogens with zero attached hydrogens (tertiary/aromatic N) is 2. The quantitative estimate of drug-likeness (QED) is 0.150. The van der Waals surface area contributed by atoms with E-state index in [-0.39, 0.29) is 0 Å². The minimum Gasteiger partial charge on any atom is -0.335 e. The van der Waals surface area contributed by atoms with Crippen LogP contribution in [-0.4, -0.2) is 6.54 Å². The minimum atomic E-state index is 0.969. The molecule has 3 aromatic carbocycles. The second kappa shape index (κ2) is 13.4. The molecule has 2 heterocycles. The molecular weight excluding hydrogens is 549 g/mol. The van der Waals surface area contributed by atoms with E-state index in [1.54, 1.807) is 0 Å². The Morgan fingerprint density at radius 3 is 2.40 bits per heavy atom. The van der Waals surface area contributed by atoms with Crippen LogP contribution in [0.15, 0.2) is 142 Å². The van der Waals surface area contributed by atoms with Gasteiger partial charge in [-0.25, -0.2) is 0 Å². The Labute approximate surface area is 258 Å². The van der Waals surface area contributed by atoms with Crippen LogP contribution in [0.2, 0.25) is 0 Å². The normalized spacial score (nSPS) is 17.7. The number of benzene rings is 3. The molecule has 0 N–H and O–H groups in total. The maximum Gasteiger partial charge on any atom is 0.262 e. The highest BCUT2D eigenvalue weighted by atomic mass is 32.2. The molecule has 0 unspecified atom stereocenters. The van der Waals surface area contributed by atoms with Crippen LogP contribution in [0, 0.1) is 0 Å². The second-order valence-electron chi connectivity index (χ2n) is 10.4. The van der Waals surface area contributed by atoms with Gasteiger partial charge in [0.25, 0.3) is 5.01 Å². The molecule has 1 aliphatic carbocycles. The molecule has 210 valence electrons. The van der Waals surface area contributed by atoms with Crippen LogP contribution in [0.25, 0.3) is 21.9 Å². The highest BCUT2D eigenvalue weighted by Gasteiger charge is 2.22. The number of rotatable bonds is 8. The number of aromatic nitrogens is 1. The fourth-order valence-corrected chi connectivity index (χ4v) is 8.14. The number of aryl methyl sites for hydroxylation is 1. The summed E-state index contributed by atoms with van der Waals surface area (Å²) in [4.78, 5) is 3.73. The zero-order valence-corrected chi connectivity index (χ0v) is 26.0. The Balaban J connectivity index is 1.26. The fraction of sp³-hybridized carbons (Fsp3) is 0.184. The van der Waals surface area contributed by atoms with Gasteiger partial charge in [-0.3, -0.25) is 0 Å². The molecule has 1 aromatic heterocycles. The maximum absolute atomic E-state index is 2.39. The number of fused-ring (bicyclic) bond motifs is 2. The van der Waals surface area contributed by atoms with Gasteiger partial charge in [-0.05, 0) is 79.7 Å². The van der Waals surface area contributed by atoms with Crippen molar-refractivity contribution in [2.45, 2.75) is 44.6 Å². The molecule has 1 aliphatic heterocycles. The summed E-state index contributed by atoms with van der Waals surface area (Å²) in [5.74, 6) is 0. The van der Waals surface area contributed by atoms with E-state index >= 15 is 0 Å². The summed E-state index contributed by atoms with van der Waals surface area (Å²) in [6.45, 7) is 6.37. The first-order chi connectivity index (χ1) is 20.8. The van der Waals surface area contributed by atoms with Gasteiger partial charge in [-0.15, -0.1) is 0 Å². The summed E-state index contributed by atoms with van der Waals surface area (Å²) in [6.07, 6.45) is 21.4. The largest absolute Gasteiger partial charge is 0.335 e. The monoisotopic (exact) mass is 585 g/mol. The van der Waals surface area contributed by atoms with E-state index in [9.17, 15) is 0 Å². The van der Waals surface area contributed by atoms with Gasteiger partial charge in [0.05, 0.1) is 10.7 Å². The van der Waals surface area contributed by atoms with Crippen molar-refractivity contribution in [1.29, 1.82) is 0 Å². The van der Waals surface area contributed by atoms with Crippen LogP contribution in [0.3, 0.4) is 0 Å². The molecule has 0 radical (unpaired) electrons. The number of hydrogen-bond acceptors (Lipinski definition) is 3. The van der Waals surface area contributed by atoms with Gasteiger partial charge in [-0.1, -0.05) is 114 Å². The van der Waals surface area contributed by atoms with Crippen LogP contribution >= 0.6 is 23.1 Å². The van der Waals surface area contributed by atoms with Gasteiger partial charge >= 0.3 is 0 Å². The first-order valence-electron chi connectivity index (χ1n) is 14.9. The van der Waals surface area contributed by atoms with Crippen LogP contribution < -0.4 is 9.47 Å². The molecule has 4 aromatic rings. The van der Waals surface area contributed by atoms with Crippen LogP contribution in [-0.2, 0) is 6.54 Å². The van der Waals surface area contributed by atoms with Crippen LogP contribution in [0.4, 0.5) is 5.69 Å². The summed E-state index contributed by atoms with van der Waals surface area (Å²) >= 11 is 3.71. The Bertz CT molecular complexity index is 1750. The molecular formula is C38H37N2S2+. The van der Waals surface area contributed by atoms with Crippen LogP contribution in [0.1, 0.15) is 43.7 Å². The third-order valence-corrected chi connectivity index (χ3v) is 10.1. The number of allylic oxidation sites excluding steroid dienone is 10. The summed E-state index contributed by atoms with van der Waals surface area (Å²) in [5.41, 5.74) is 8.12. The molecule has 0 amide bonds. The van der Waals surface area contributed by atoms with Crippen molar-refractivity contribution >= 4 is 50.7 Å². The zero-order chi connectivity index (χ0) is 28.7. The standard InChI is InChI=1S/C38H37N2S2/c1-3-39-32-23-10-12-25-34(32)41-36(39)27-14-8-19-30-21-16-22-31(38(30)29-17-6-5-7-18-29)20-9-15-28-37-40(4-2)33-24-11-13-26-35(33)42-37/h5-15,17-20,23-28H,3-4,16,21-22H2,1-2H3/q+1. The maximum atomic E-state index is 2.39. The molecule has 4 heteroatoms. The molecule has 0 spiro atoms. The SMILES string of the molecule is CCN1C(=CC=CC=C2CCCC(C=CC=Cc3sc4ccccc4[n+]3CC)=C2c2ccccc2)Sc2ccccc21. The predicted molar refractivity (Wildman–Crippen MR) is 184 cm³/mol. The molecule has 0 saturated heterocycles. The van der Waals surface area contributed by atoms with Gasteiger partial charge in [0, 0.05) is 23.6 Å². The Morgan fingerprint density at radius 1 is 0.786 bits per heavy atom. The Morgan fingerprint density at radius 2 is 1.55 bits per heavy atom. The van der Waals surface area contributed by atoms with Gasteiger partial charge in [-0.2, -0.15) is 4.57 Å². The van der Waals surface area contributed by atoms with Gasteiger partial charge in [0.2, 0.25) is 5.52 Å². The summed E-state index contributed by atoms with van der Waals surface area (Å²) in [7, 11) is 0. The summed E-state index contributed by atoms with van der Waals surface area (Å²) < 4.78 is 3.73. The lowest BCUT2D eigenvalue weighted by Gasteiger charge is -2.22. The highest BCUT2D eigenvalue weighted by Crippen LogP contribution is 2.45. The average molecular weight is 586 g/mol. The number of thiazole rings is 1. The Hall–Kier alpha value is -3.86. The molecule has 2 aliphatic rings. The first kappa shape index (κ1) is 28.3. The van der Waals surface area contributed by atoms with Crippen molar-refractivity contribution in [3.63, 3.8) is 0 Å². The summed E-state index contributed by atoms with van der Waals surface area (Å²) in [6, 6.07) is 28.2. The minimum absolute atomic E-state index is 0.969. The number of hydrogen-bond donors (Lipinski definition) is 0. The van der Waals surface area contributed by atoms with E-state index in [2.05, 4.69) is 151 Å². The molecule has 0 fully saturated rings. The molecule has 0 saturated carbocycles. The highest BCUT2D eigenvalue weighted by molar-refractivity contribution is 8.03. The average Bonchev–Trinajstić information content (AvgIpc) is 3.58. The van der Waals surface area contributed by atoms with Crippen molar-refractivity contribution in [1.82, 2.24) is 0 Å². The van der Waals surface area contributed by atoms with Gasteiger partial charge in [0.1, 0.15) is 11.2 Å². The predicted octanol–water partition coefficient (Wildman–Crippen LogP) is 10.4. The zero-order valence-electron chi connectivity index (χ0n) is 24.4. The molecule has 2 nitrogen and oxygen atoms in total. The van der Waals surface area contributed by atoms with Crippen molar-refractivity contribution in [2.24, 2.45) is 0 Å². The summed E-state index contributed by atoms with van der Waals surface area (Å²) in [5, 5.41) is 2.57. The van der Waals surface area contributed by atoms with Crippen molar-refractivity contribution in [3.8, 4) is 0 Å². The second-order valence-corrected chi connectivity index (χ2v) is 12.5. The number of para-hydroxylation sites is 2. The van der Waals surface area contributed by atoms with Gasteiger partial charge in [0.15, 0.2) is 0 Å². The third kappa shape index (κ3) is 6.01. The van der Waals surface area contributed by atoms with E-state index < -0.39 is 0 Å². The first-order valence-corrected chi connectivity index (χ1v) is 16.6. The van der Waals surface area contributed by atoms with E-state index in [1.165, 1.54) is 59.5 Å². The lowest BCUT2D eigenvalue weighted by atomic mass is 9.83. The Kier molecular flexibility index (Phi) is 9.03. The third-order valence-electron chi connectivity index (χ3n) is 7.80. The lowest BCUT2D eigenvalue weighted by molar-refractivity contribution is -0.665. The molecule has 6 rings (SSSR count). The van der Waals surface area contributed by atoms with E-state index in [4.69, 9.17) is 0 Å². The van der Waals surface area contributed by atoms with Gasteiger partial charge < -0.3 is 4.90 Å². The van der Waals surface area contributed by atoms with Crippen molar-refractivity contribution in [3.05, 3.63) is 148 Å². The van der Waals surface area contributed by atoms with Crippen molar-refractivity contribution in [2.75, 3.05) is 11.4 Å². The van der Waals surface area contributed by atoms with Crippen molar-refractivity contribution < 1.29 is 4.57 Å². The van der Waals surface area contributed by atoms with E-state index in [1.807, 2.05) is 23.1 Å². The molecule has 42 heavy (non-hydrogen) atoms. The fourth-order valence-electron chi connectivity index (χ4n) is 5.86. The van der Waals surface area contributed by atoms with E-state index in [0.29, 0.717) is 0 Å². The number of anilines is 1. The smallest absolute Gasteiger partial charge is 0.262 e. The number of thioether (sulfide) groups is 1. The topological polar surface area (TPSA) is 7.12 Å². The molecule has 0 bridgehead atoms. The van der Waals surface area contributed by atoms with E-state index in [0.717, 1.165) is 25.9 Å². The van der Waals surface area contributed by atoms with Crippen LogP contribution in [0.5, 0.6) is 0 Å².